The molecule has 1 atom stereocenters. The first kappa shape index (κ1) is 14.7. The Morgan fingerprint density at radius 2 is 2.04 bits per heavy atom. The molecule has 7 heteroatoms. The number of nitrogens with two attached hydrogens (primary N) is 1. The standard InChI is InChI=1S/C16H13N5O2/c17-7-9-1-3-11-10(5-9)2-4-12(11)21-16(23)14-6-13(15(18)22)19-8-20-14/h1,3,5-6,8,12H,2,4H2,(H2,18,22)(H,21,23)/t12-/m0/s1. The van der Waals surface area contributed by atoms with E-state index in [1.807, 2.05) is 12.1 Å². The lowest BCUT2D eigenvalue weighted by Crippen LogP contribution is -2.28. The highest BCUT2D eigenvalue weighted by Crippen LogP contribution is 2.31. The summed E-state index contributed by atoms with van der Waals surface area (Å²) in [7, 11) is 0. The minimum absolute atomic E-state index is 0.00404. The van der Waals surface area contributed by atoms with Crippen LogP contribution in [0.5, 0.6) is 0 Å². The number of hydrogen-bond acceptors (Lipinski definition) is 5. The second kappa shape index (κ2) is 5.85. The molecule has 1 aliphatic rings. The summed E-state index contributed by atoms with van der Waals surface area (Å²) in [4.78, 5) is 31.0. The maximum Gasteiger partial charge on any atom is 0.270 e. The lowest BCUT2D eigenvalue weighted by Gasteiger charge is -2.14. The molecule has 0 fully saturated rings. The molecule has 0 saturated heterocycles. The average Bonchev–Trinajstić information content (AvgIpc) is 2.97. The number of hydrogen-bond donors (Lipinski definition) is 2. The number of nitrogens with zero attached hydrogens (tertiary/aromatic N) is 3. The Morgan fingerprint density at radius 1 is 1.26 bits per heavy atom. The van der Waals surface area contributed by atoms with E-state index in [0.29, 0.717) is 5.56 Å². The van der Waals surface area contributed by atoms with Crippen LogP contribution in [0.15, 0.2) is 30.6 Å². The summed E-state index contributed by atoms with van der Waals surface area (Å²) in [5.74, 6) is -1.10. The van der Waals surface area contributed by atoms with E-state index in [1.165, 1.54) is 6.07 Å². The predicted octanol–water partition coefficient (Wildman–Crippen LogP) is 0.864. The Morgan fingerprint density at radius 3 is 2.78 bits per heavy atom. The van der Waals surface area contributed by atoms with Gasteiger partial charge in [0, 0.05) is 6.07 Å². The van der Waals surface area contributed by atoms with Crippen molar-refractivity contribution in [1.29, 1.82) is 5.26 Å². The molecule has 1 aliphatic carbocycles. The number of primary amides is 1. The van der Waals surface area contributed by atoms with Gasteiger partial charge in [0.25, 0.3) is 11.8 Å². The van der Waals surface area contributed by atoms with Crippen molar-refractivity contribution in [2.75, 3.05) is 0 Å². The lowest BCUT2D eigenvalue weighted by atomic mass is 10.1. The summed E-state index contributed by atoms with van der Waals surface area (Å²) in [6.07, 6.45) is 2.69. The van der Waals surface area contributed by atoms with Gasteiger partial charge < -0.3 is 11.1 Å². The minimum atomic E-state index is -0.711. The fourth-order valence-corrected chi connectivity index (χ4v) is 2.69. The van der Waals surface area contributed by atoms with Crippen LogP contribution < -0.4 is 11.1 Å². The summed E-state index contributed by atoms with van der Waals surface area (Å²) in [6, 6.07) is 8.68. The maximum absolute atomic E-state index is 12.3. The van der Waals surface area contributed by atoms with Crippen molar-refractivity contribution < 1.29 is 9.59 Å². The summed E-state index contributed by atoms with van der Waals surface area (Å²) in [6.45, 7) is 0. The number of aryl methyl sites for hydroxylation is 1. The molecule has 0 aliphatic heterocycles. The number of nitrogens with one attached hydrogen (secondary N) is 1. The number of aromatic nitrogens is 2. The second-order valence-electron chi connectivity index (χ2n) is 5.24. The lowest BCUT2D eigenvalue weighted by molar-refractivity contribution is 0.0931. The highest BCUT2D eigenvalue weighted by molar-refractivity contribution is 5.96. The van der Waals surface area contributed by atoms with Gasteiger partial charge >= 0.3 is 0 Å². The molecule has 3 rings (SSSR count). The van der Waals surface area contributed by atoms with Gasteiger partial charge in [0.1, 0.15) is 17.7 Å². The highest BCUT2D eigenvalue weighted by atomic mass is 16.2. The van der Waals surface area contributed by atoms with E-state index in [2.05, 4.69) is 21.4 Å². The van der Waals surface area contributed by atoms with E-state index in [9.17, 15) is 9.59 Å². The van der Waals surface area contributed by atoms with Gasteiger partial charge in [-0.1, -0.05) is 6.07 Å². The summed E-state index contributed by atoms with van der Waals surface area (Å²) < 4.78 is 0. The molecule has 3 N–H and O–H groups in total. The van der Waals surface area contributed by atoms with Crippen LogP contribution in [0, 0.1) is 11.3 Å². The van der Waals surface area contributed by atoms with E-state index >= 15 is 0 Å². The molecule has 1 aromatic heterocycles. The van der Waals surface area contributed by atoms with Gasteiger partial charge in [0.2, 0.25) is 0 Å². The molecule has 2 aromatic rings. The Hall–Kier alpha value is -3.27. The van der Waals surface area contributed by atoms with Crippen molar-refractivity contribution in [2.24, 2.45) is 5.73 Å². The van der Waals surface area contributed by atoms with E-state index in [0.717, 1.165) is 30.3 Å². The molecule has 0 spiro atoms. The fraction of sp³-hybridized carbons (Fsp3) is 0.188. The number of carbonyl (C=O) groups is 2. The van der Waals surface area contributed by atoms with Gasteiger partial charge in [-0.3, -0.25) is 9.59 Å². The van der Waals surface area contributed by atoms with Crippen molar-refractivity contribution in [1.82, 2.24) is 15.3 Å². The Kier molecular flexibility index (Phi) is 3.73. The van der Waals surface area contributed by atoms with E-state index < -0.39 is 11.8 Å². The summed E-state index contributed by atoms with van der Waals surface area (Å²) >= 11 is 0. The smallest absolute Gasteiger partial charge is 0.270 e. The first-order chi connectivity index (χ1) is 11.1. The first-order valence-corrected chi connectivity index (χ1v) is 7.04. The zero-order chi connectivity index (χ0) is 16.4. The van der Waals surface area contributed by atoms with Crippen LogP contribution in [0.1, 0.15) is 50.1 Å². The fourth-order valence-electron chi connectivity index (χ4n) is 2.69. The number of carbonyl (C=O) groups excluding carboxylic acids is 2. The van der Waals surface area contributed by atoms with Crippen LogP contribution in [-0.4, -0.2) is 21.8 Å². The number of benzene rings is 1. The van der Waals surface area contributed by atoms with Gasteiger partial charge in [-0.05, 0) is 36.1 Å². The topological polar surface area (TPSA) is 122 Å². The van der Waals surface area contributed by atoms with Crippen molar-refractivity contribution in [3.05, 3.63) is 58.7 Å². The second-order valence-corrected chi connectivity index (χ2v) is 5.24. The van der Waals surface area contributed by atoms with Gasteiger partial charge in [-0.2, -0.15) is 5.26 Å². The molecule has 0 radical (unpaired) electrons. The molecular weight excluding hydrogens is 294 g/mol. The largest absolute Gasteiger partial charge is 0.364 e. The van der Waals surface area contributed by atoms with Gasteiger partial charge in [0.15, 0.2) is 0 Å². The third-order valence-corrected chi connectivity index (χ3v) is 3.81. The number of fused-ring (bicyclic) bond motifs is 1. The Labute approximate surface area is 132 Å². The third-order valence-electron chi connectivity index (χ3n) is 3.81. The monoisotopic (exact) mass is 307 g/mol. The molecule has 1 heterocycles. The van der Waals surface area contributed by atoms with Crippen LogP contribution in [0.25, 0.3) is 0 Å². The molecule has 114 valence electrons. The zero-order valence-electron chi connectivity index (χ0n) is 12.1. The quantitative estimate of drug-likeness (QED) is 0.871. The Bertz CT molecular complexity index is 841. The van der Waals surface area contributed by atoms with Crippen LogP contribution >= 0.6 is 0 Å². The van der Waals surface area contributed by atoms with Crippen molar-refractivity contribution in [3.8, 4) is 6.07 Å². The predicted molar refractivity (Wildman–Crippen MR) is 80.2 cm³/mol. The number of nitriles is 1. The van der Waals surface area contributed by atoms with Crippen molar-refractivity contribution in [2.45, 2.75) is 18.9 Å². The number of rotatable bonds is 3. The van der Waals surface area contributed by atoms with Crippen LogP contribution in [-0.2, 0) is 6.42 Å². The van der Waals surface area contributed by atoms with Gasteiger partial charge in [-0.15, -0.1) is 0 Å². The van der Waals surface area contributed by atoms with E-state index in [1.54, 1.807) is 6.07 Å². The zero-order valence-corrected chi connectivity index (χ0v) is 12.1. The van der Waals surface area contributed by atoms with Gasteiger partial charge in [-0.25, -0.2) is 9.97 Å². The number of amides is 2. The van der Waals surface area contributed by atoms with E-state index in [-0.39, 0.29) is 17.4 Å². The van der Waals surface area contributed by atoms with E-state index in [4.69, 9.17) is 11.0 Å². The highest BCUT2D eigenvalue weighted by Gasteiger charge is 2.25. The maximum atomic E-state index is 12.3. The summed E-state index contributed by atoms with van der Waals surface area (Å²) in [5, 5.41) is 11.8. The molecule has 2 amide bonds. The SMILES string of the molecule is N#Cc1ccc2c(c1)CC[C@@H]2NC(=O)c1cc(C(N)=O)ncn1. The molecule has 7 nitrogen and oxygen atoms in total. The molecule has 0 saturated carbocycles. The van der Waals surface area contributed by atoms with Crippen LogP contribution in [0.2, 0.25) is 0 Å². The normalized spacial score (nSPS) is 15.5. The first-order valence-electron chi connectivity index (χ1n) is 7.04. The van der Waals surface area contributed by atoms with Crippen LogP contribution in [0.3, 0.4) is 0 Å². The van der Waals surface area contributed by atoms with Crippen molar-refractivity contribution >= 4 is 11.8 Å². The third kappa shape index (κ3) is 2.87. The van der Waals surface area contributed by atoms with Gasteiger partial charge in [0.05, 0.1) is 17.7 Å². The molecule has 0 unspecified atom stereocenters. The minimum Gasteiger partial charge on any atom is -0.364 e. The average molecular weight is 307 g/mol. The molecule has 0 bridgehead atoms. The Balaban J connectivity index is 1.79. The molecular formula is C16H13N5O2. The van der Waals surface area contributed by atoms with Crippen molar-refractivity contribution in [3.63, 3.8) is 0 Å². The molecule has 23 heavy (non-hydrogen) atoms. The molecule has 1 aromatic carbocycles. The van der Waals surface area contributed by atoms with Crippen LogP contribution in [0.4, 0.5) is 0 Å². The summed E-state index contributed by atoms with van der Waals surface area (Å²) in [5.41, 5.74) is 7.91.